The van der Waals surface area contributed by atoms with E-state index in [2.05, 4.69) is 10.2 Å². The molecule has 0 spiro atoms. The zero-order valence-electron chi connectivity index (χ0n) is 13.4. The van der Waals surface area contributed by atoms with Gasteiger partial charge in [-0.05, 0) is 63.0 Å². The second-order valence-electron chi connectivity index (χ2n) is 6.26. The molecule has 130 valence electrons. The van der Waals surface area contributed by atoms with E-state index in [-0.39, 0.29) is 12.6 Å². The molecule has 1 aromatic rings. The van der Waals surface area contributed by atoms with Crippen LogP contribution in [0.5, 0.6) is 0 Å². The van der Waals surface area contributed by atoms with Crippen molar-refractivity contribution in [3.63, 3.8) is 0 Å². The third-order valence-corrected chi connectivity index (χ3v) is 4.57. The summed E-state index contributed by atoms with van der Waals surface area (Å²) in [7, 11) is 0. The Bertz CT molecular complexity index is 468. The van der Waals surface area contributed by atoms with E-state index in [4.69, 9.17) is 5.11 Å². The average molecular weight is 330 g/mol. The number of aliphatic hydroxyl groups excluding tert-OH is 1. The number of β-amino-alcohol motifs (C(OH)–C–C–N with tert-alkyl or cyclic N) is 1. The van der Waals surface area contributed by atoms with Gasteiger partial charge < -0.3 is 15.3 Å². The lowest BCUT2D eigenvalue weighted by Crippen LogP contribution is -2.39. The molecule has 2 N–H and O–H groups in total. The van der Waals surface area contributed by atoms with Crippen molar-refractivity contribution >= 4 is 0 Å². The number of likely N-dealkylation sites (tertiary alicyclic amines) is 1. The van der Waals surface area contributed by atoms with E-state index >= 15 is 0 Å². The molecular formula is C17H25F3N2O. The maximum atomic E-state index is 12.6. The van der Waals surface area contributed by atoms with E-state index in [1.807, 2.05) is 6.92 Å². The van der Waals surface area contributed by atoms with Gasteiger partial charge in [0.25, 0.3) is 0 Å². The fourth-order valence-corrected chi connectivity index (χ4v) is 2.98. The molecule has 2 rings (SSSR count). The van der Waals surface area contributed by atoms with Gasteiger partial charge in [-0.25, -0.2) is 0 Å². The second kappa shape index (κ2) is 8.13. The highest BCUT2D eigenvalue weighted by molar-refractivity contribution is 5.26. The van der Waals surface area contributed by atoms with Crippen molar-refractivity contribution in [1.29, 1.82) is 0 Å². The molecule has 1 saturated heterocycles. The highest BCUT2D eigenvalue weighted by Gasteiger charge is 2.30. The van der Waals surface area contributed by atoms with Gasteiger partial charge in [-0.1, -0.05) is 12.1 Å². The molecule has 1 aliphatic heterocycles. The molecule has 23 heavy (non-hydrogen) atoms. The molecule has 0 aliphatic carbocycles. The summed E-state index contributed by atoms with van der Waals surface area (Å²) in [6.07, 6.45) is -2.10. The molecule has 3 nitrogen and oxygen atoms in total. The van der Waals surface area contributed by atoms with Crippen molar-refractivity contribution in [2.24, 2.45) is 5.92 Å². The van der Waals surface area contributed by atoms with Crippen LogP contribution in [0.3, 0.4) is 0 Å². The smallest absolute Gasteiger partial charge is 0.395 e. The SMILES string of the molecule is C[C@@H](NCC1CCN(CCO)CC1)c1ccc(C(F)(F)F)cc1. The topological polar surface area (TPSA) is 35.5 Å². The van der Waals surface area contributed by atoms with Gasteiger partial charge in [0.15, 0.2) is 0 Å². The van der Waals surface area contributed by atoms with Gasteiger partial charge in [-0.3, -0.25) is 0 Å². The van der Waals surface area contributed by atoms with Crippen molar-refractivity contribution in [2.75, 3.05) is 32.8 Å². The van der Waals surface area contributed by atoms with Gasteiger partial charge in [0.1, 0.15) is 0 Å². The first-order valence-corrected chi connectivity index (χ1v) is 8.14. The number of nitrogens with one attached hydrogen (secondary N) is 1. The Morgan fingerprint density at radius 3 is 2.35 bits per heavy atom. The summed E-state index contributed by atoms with van der Waals surface area (Å²) in [6.45, 7) is 5.79. The van der Waals surface area contributed by atoms with Crippen LogP contribution >= 0.6 is 0 Å². The maximum Gasteiger partial charge on any atom is 0.416 e. The molecule has 0 amide bonds. The zero-order chi connectivity index (χ0) is 16.9. The van der Waals surface area contributed by atoms with E-state index in [0.717, 1.165) is 56.7 Å². The number of hydrogen-bond acceptors (Lipinski definition) is 3. The molecule has 1 aromatic carbocycles. The summed E-state index contributed by atoms with van der Waals surface area (Å²) < 4.78 is 37.7. The van der Waals surface area contributed by atoms with Gasteiger partial charge in [-0.2, -0.15) is 13.2 Å². The van der Waals surface area contributed by atoms with Gasteiger partial charge >= 0.3 is 6.18 Å². The van der Waals surface area contributed by atoms with E-state index < -0.39 is 11.7 Å². The van der Waals surface area contributed by atoms with Crippen LogP contribution in [-0.4, -0.2) is 42.8 Å². The molecule has 1 aliphatic rings. The average Bonchev–Trinajstić information content (AvgIpc) is 2.53. The van der Waals surface area contributed by atoms with Crippen LogP contribution in [0.4, 0.5) is 13.2 Å². The minimum Gasteiger partial charge on any atom is -0.395 e. The monoisotopic (exact) mass is 330 g/mol. The molecule has 0 saturated carbocycles. The molecular weight excluding hydrogens is 305 g/mol. The highest BCUT2D eigenvalue weighted by Crippen LogP contribution is 2.30. The van der Waals surface area contributed by atoms with E-state index in [0.29, 0.717) is 5.92 Å². The predicted molar refractivity (Wildman–Crippen MR) is 84.1 cm³/mol. The lowest BCUT2D eigenvalue weighted by Gasteiger charge is -2.32. The van der Waals surface area contributed by atoms with Crippen LogP contribution in [0.15, 0.2) is 24.3 Å². The summed E-state index contributed by atoms with van der Waals surface area (Å²) in [5.41, 5.74) is 0.264. The molecule has 6 heteroatoms. The second-order valence-corrected chi connectivity index (χ2v) is 6.26. The summed E-state index contributed by atoms with van der Waals surface area (Å²) >= 11 is 0. The zero-order valence-corrected chi connectivity index (χ0v) is 13.4. The summed E-state index contributed by atoms with van der Waals surface area (Å²) in [6, 6.07) is 5.41. The minimum absolute atomic E-state index is 0.0350. The van der Waals surface area contributed by atoms with Crippen LogP contribution in [0.2, 0.25) is 0 Å². The standard InChI is InChI=1S/C17H25F3N2O/c1-13(15-2-4-16(5-3-15)17(18,19)20)21-12-14-6-8-22(9-7-14)10-11-23/h2-5,13-14,21,23H,6-12H2,1H3/t13-/m1/s1. The number of rotatable bonds is 6. The van der Waals surface area contributed by atoms with Gasteiger partial charge in [0, 0.05) is 12.6 Å². The molecule has 1 atom stereocenters. The Balaban J connectivity index is 1.78. The molecule has 0 aromatic heterocycles. The number of benzene rings is 1. The quantitative estimate of drug-likeness (QED) is 0.841. The number of aliphatic hydroxyl groups is 1. The first-order chi connectivity index (χ1) is 10.9. The van der Waals surface area contributed by atoms with E-state index in [9.17, 15) is 13.2 Å². The lowest BCUT2D eigenvalue weighted by molar-refractivity contribution is -0.137. The van der Waals surface area contributed by atoms with Crippen molar-refractivity contribution < 1.29 is 18.3 Å². The minimum atomic E-state index is -4.28. The fraction of sp³-hybridized carbons (Fsp3) is 0.647. The number of hydrogen-bond donors (Lipinski definition) is 2. The number of nitrogens with zero attached hydrogens (tertiary/aromatic N) is 1. The Hall–Kier alpha value is -1.11. The Morgan fingerprint density at radius 2 is 1.83 bits per heavy atom. The third kappa shape index (κ3) is 5.48. The van der Waals surface area contributed by atoms with Crippen molar-refractivity contribution in [3.05, 3.63) is 35.4 Å². The maximum absolute atomic E-state index is 12.6. The van der Waals surface area contributed by atoms with Crippen LogP contribution in [0, 0.1) is 5.92 Å². The normalized spacial score (nSPS) is 19.0. The number of alkyl halides is 3. The number of halogens is 3. The Labute approximate surface area is 135 Å². The summed E-state index contributed by atoms with van der Waals surface area (Å²) in [4.78, 5) is 2.26. The Kier molecular flexibility index (Phi) is 6.44. The highest BCUT2D eigenvalue weighted by atomic mass is 19.4. The molecule has 0 unspecified atom stereocenters. The molecule has 1 fully saturated rings. The van der Waals surface area contributed by atoms with Crippen LogP contribution < -0.4 is 5.32 Å². The van der Waals surface area contributed by atoms with E-state index in [1.165, 1.54) is 0 Å². The summed E-state index contributed by atoms with van der Waals surface area (Å²) in [5.74, 6) is 0.585. The van der Waals surface area contributed by atoms with Crippen molar-refractivity contribution in [3.8, 4) is 0 Å². The largest absolute Gasteiger partial charge is 0.416 e. The van der Waals surface area contributed by atoms with Gasteiger partial charge in [0.05, 0.1) is 12.2 Å². The van der Waals surface area contributed by atoms with Gasteiger partial charge in [-0.15, -0.1) is 0 Å². The molecule has 1 heterocycles. The molecule has 0 radical (unpaired) electrons. The lowest BCUT2D eigenvalue weighted by atomic mass is 9.96. The van der Waals surface area contributed by atoms with Gasteiger partial charge in [0.2, 0.25) is 0 Å². The fourth-order valence-electron chi connectivity index (χ4n) is 2.98. The molecule has 0 bridgehead atoms. The van der Waals surface area contributed by atoms with Crippen LogP contribution in [0.1, 0.15) is 36.9 Å². The van der Waals surface area contributed by atoms with Crippen molar-refractivity contribution in [1.82, 2.24) is 10.2 Å². The predicted octanol–water partition coefficient (Wildman–Crippen LogP) is 3.06. The Morgan fingerprint density at radius 1 is 1.22 bits per heavy atom. The third-order valence-electron chi connectivity index (χ3n) is 4.57. The van der Waals surface area contributed by atoms with Crippen LogP contribution in [0.25, 0.3) is 0 Å². The number of piperidine rings is 1. The first-order valence-electron chi connectivity index (χ1n) is 8.14. The summed E-state index contributed by atoms with van der Waals surface area (Å²) in [5, 5.41) is 12.4. The van der Waals surface area contributed by atoms with Crippen molar-refractivity contribution in [2.45, 2.75) is 32.0 Å². The van der Waals surface area contributed by atoms with E-state index in [1.54, 1.807) is 12.1 Å². The first kappa shape index (κ1) is 18.2. The van der Waals surface area contributed by atoms with Crippen LogP contribution in [-0.2, 0) is 6.18 Å².